The van der Waals surface area contributed by atoms with Crippen LogP contribution >= 0.6 is 0 Å². The topological polar surface area (TPSA) is 95.3 Å². The number of nitrogens with two attached hydrogens (primary N) is 1. The Morgan fingerprint density at radius 2 is 2.06 bits per heavy atom. The third kappa shape index (κ3) is 2.13. The number of hydrogen-bond donors (Lipinski definition) is 2. The summed E-state index contributed by atoms with van der Waals surface area (Å²) < 4.78 is 0. The molecule has 1 fully saturated rings. The van der Waals surface area contributed by atoms with Gasteiger partial charge in [-0.1, -0.05) is 0 Å². The van der Waals surface area contributed by atoms with Crippen LogP contribution in [-0.2, 0) is 4.79 Å². The number of hydrogen-bond acceptors (Lipinski definition) is 5. The summed E-state index contributed by atoms with van der Waals surface area (Å²) in [6.45, 7) is 2.60. The van der Waals surface area contributed by atoms with Crippen LogP contribution in [-0.4, -0.2) is 47.5 Å². The number of piperazine rings is 1. The van der Waals surface area contributed by atoms with Crippen LogP contribution < -0.4 is 16.2 Å². The molecule has 1 aliphatic heterocycles. The van der Waals surface area contributed by atoms with Gasteiger partial charge in [0, 0.05) is 32.2 Å². The summed E-state index contributed by atoms with van der Waals surface area (Å²) >= 11 is 0. The van der Waals surface area contributed by atoms with Crippen LogP contribution in [0.15, 0.2) is 10.9 Å². The molecule has 1 saturated heterocycles. The van der Waals surface area contributed by atoms with E-state index in [0.717, 1.165) is 6.41 Å². The Morgan fingerprint density at radius 1 is 1.38 bits per heavy atom. The van der Waals surface area contributed by atoms with Gasteiger partial charge in [-0.3, -0.25) is 14.6 Å². The minimum atomic E-state index is -0.264. The predicted octanol–water partition coefficient (Wildman–Crippen LogP) is -1.37. The van der Waals surface area contributed by atoms with Crippen LogP contribution in [0, 0.1) is 0 Å². The molecule has 1 amide bonds. The molecule has 0 saturated carbocycles. The molecule has 0 unspecified atom stereocenters. The maximum atomic E-state index is 11.2. The first-order valence-corrected chi connectivity index (χ1v) is 5.00. The molecule has 1 aliphatic rings. The van der Waals surface area contributed by atoms with Gasteiger partial charge in [-0.05, 0) is 0 Å². The average Bonchev–Trinajstić information content (AvgIpc) is 2.28. The number of anilines is 2. The van der Waals surface area contributed by atoms with Crippen molar-refractivity contribution in [1.82, 2.24) is 14.9 Å². The van der Waals surface area contributed by atoms with E-state index in [-0.39, 0.29) is 11.5 Å². The van der Waals surface area contributed by atoms with E-state index in [2.05, 4.69) is 9.97 Å². The quantitative estimate of drug-likeness (QED) is 0.603. The maximum absolute atomic E-state index is 11.2. The minimum absolute atomic E-state index is 0.111. The second kappa shape index (κ2) is 4.21. The van der Waals surface area contributed by atoms with Crippen molar-refractivity contribution in [2.24, 2.45) is 0 Å². The normalized spacial score (nSPS) is 16.2. The number of nitrogen functional groups attached to an aromatic ring is 1. The number of carbonyl (C=O) groups is 1. The Morgan fingerprint density at radius 3 is 2.62 bits per heavy atom. The molecule has 0 spiro atoms. The van der Waals surface area contributed by atoms with Gasteiger partial charge in [0.15, 0.2) is 0 Å². The Kier molecular flexibility index (Phi) is 2.76. The molecule has 3 N–H and O–H groups in total. The van der Waals surface area contributed by atoms with Gasteiger partial charge in [-0.2, -0.15) is 4.98 Å². The lowest BCUT2D eigenvalue weighted by atomic mass is 10.3. The van der Waals surface area contributed by atoms with Crippen molar-refractivity contribution in [2.75, 3.05) is 36.8 Å². The zero-order valence-corrected chi connectivity index (χ0v) is 8.72. The van der Waals surface area contributed by atoms with E-state index in [9.17, 15) is 9.59 Å². The highest BCUT2D eigenvalue weighted by molar-refractivity contribution is 5.49. The first-order chi connectivity index (χ1) is 7.69. The van der Waals surface area contributed by atoms with E-state index in [1.165, 1.54) is 6.07 Å². The largest absolute Gasteiger partial charge is 0.369 e. The molecular weight excluding hydrogens is 210 g/mol. The average molecular weight is 223 g/mol. The molecule has 16 heavy (non-hydrogen) atoms. The van der Waals surface area contributed by atoms with Crippen molar-refractivity contribution in [3.63, 3.8) is 0 Å². The minimum Gasteiger partial charge on any atom is -0.369 e. The van der Waals surface area contributed by atoms with Gasteiger partial charge in [-0.25, -0.2) is 0 Å². The third-order valence-corrected chi connectivity index (χ3v) is 2.53. The lowest BCUT2D eigenvalue weighted by molar-refractivity contribution is -0.118. The molecule has 0 atom stereocenters. The van der Waals surface area contributed by atoms with E-state index in [4.69, 9.17) is 5.73 Å². The molecule has 86 valence electrons. The summed E-state index contributed by atoms with van der Waals surface area (Å²) in [5, 5.41) is 0. The van der Waals surface area contributed by atoms with Gasteiger partial charge in [0.05, 0.1) is 0 Å². The van der Waals surface area contributed by atoms with Crippen molar-refractivity contribution in [3.05, 3.63) is 16.4 Å². The number of nitrogens with zero attached hydrogens (tertiary/aromatic N) is 3. The second-order valence-electron chi connectivity index (χ2n) is 3.62. The molecule has 0 aromatic carbocycles. The lowest BCUT2D eigenvalue weighted by Gasteiger charge is -2.33. The van der Waals surface area contributed by atoms with E-state index >= 15 is 0 Å². The van der Waals surface area contributed by atoms with E-state index < -0.39 is 0 Å². The van der Waals surface area contributed by atoms with Crippen molar-refractivity contribution in [1.29, 1.82) is 0 Å². The number of H-pyrrole nitrogens is 1. The van der Waals surface area contributed by atoms with Gasteiger partial charge >= 0.3 is 0 Å². The van der Waals surface area contributed by atoms with Gasteiger partial charge in [0.25, 0.3) is 5.56 Å². The van der Waals surface area contributed by atoms with Gasteiger partial charge in [0.1, 0.15) is 5.82 Å². The van der Waals surface area contributed by atoms with Gasteiger partial charge in [0.2, 0.25) is 12.4 Å². The van der Waals surface area contributed by atoms with E-state index in [1.807, 2.05) is 4.90 Å². The fourth-order valence-corrected chi connectivity index (χ4v) is 1.68. The Labute approximate surface area is 91.9 Å². The highest BCUT2D eigenvalue weighted by Crippen LogP contribution is 2.11. The van der Waals surface area contributed by atoms with Gasteiger partial charge < -0.3 is 15.5 Å². The van der Waals surface area contributed by atoms with Crippen molar-refractivity contribution < 1.29 is 4.79 Å². The molecule has 1 aromatic rings. The van der Waals surface area contributed by atoms with Crippen LogP contribution in [0.1, 0.15) is 0 Å². The fourth-order valence-electron chi connectivity index (χ4n) is 1.68. The molecule has 1 aromatic heterocycles. The smallest absolute Gasteiger partial charge is 0.254 e. The molecule has 0 aliphatic carbocycles. The van der Waals surface area contributed by atoms with Crippen LogP contribution in [0.3, 0.4) is 0 Å². The first-order valence-electron chi connectivity index (χ1n) is 5.00. The summed E-state index contributed by atoms with van der Waals surface area (Å²) in [6.07, 6.45) is 0.830. The number of nitrogens with one attached hydrogen (secondary N) is 1. The number of rotatable bonds is 2. The highest BCUT2D eigenvalue weighted by atomic mass is 16.1. The molecule has 7 heteroatoms. The molecule has 2 heterocycles. The summed E-state index contributed by atoms with van der Waals surface area (Å²) in [5.41, 5.74) is 5.20. The SMILES string of the molecule is Nc1nc(N2CCN(C=O)CC2)cc(=O)[nH]1. The second-order valence-corrected chi connectivity index (χ2v) is 3.62. The van der Waals surface area contributed by atoms with Crippen LogP contribution in [0.5, 0.6) is 0 Å². The number of amides is 1. The summed E-state index contributed by atoms with van der Waals surface area (Å²) in [6, 6.07) is 1.41. The number of aromatic nitrogens is 2. The standard InChI is InChI=1S/C9H13N5O2/c10-9-11-7(5-8(16)12-9)14-3-1-13(6-15)2-4-14/h5-6H,1-4H2,(H3,10,11,12,16). The fraction of sp³-hybridized carbons (Fsp3) is 0.444. The van der Waals surface area contributed by atoms with Crippen molar-refractivity contribution >= 4 is 18.2 Å². The first kappa shape index (κ1) is 10.5. The number of carbonyl (C=O) groups excluding carboxylic acids is 1. The molecule has 7 nitrogen and oxygen atoms in total. The maximum Gasteiger partial charge on any atom is 0.254 e. The van der Waals surface area contributed by atoms with Crippen molar-refractivity contribution in [3.8, 4) is 0 Å². The summed E-state index contributed by atoms with van der Waals surface area (Å²) in [4.78, 5) is 31.8. The van der Waals surface area contributed by atoms with E-state index in [1.54, 1.807) is 4.90 Å². The van der Waals surface area contributed by atoms with E-state index in [0.29, 0.717) is 32.0 Å². The van der Waals surface area contributed by atoms with Crippen LogP contribution in [0.2, 0.25) is 0 Å². The highest BCUT2D eigenvalue weighted by Gasteiger charge is 2.17. The third-order valence-electron chi connectivity index (χ3n) is 2.53. The molecule has 0 bridgehead atoms. The summed E-state index contributed by atoms with van der Waals surface area (Å²) in [5.74, 6) is 0.673. The monoisotopic (exact) mass is 223 g/mol. The lowest BCUT2D eigenvalue weighted by Crippen LogP contribution is -2.46. The van der Waals surface area contributed by atoms with Crippen molar-refractivity contribution in [2.45, 2.75) is 0 Å². The molecule has 0 radical (unpaired) electrons. The number of aromatic amines is 1. The molecule has 2 rings (SSSR count). The van der Waals surface area contributed by atoms with Gasteiger partial charge in [-0.15, -0.1) is 0 Å². The predicted molar refractivity (Wildman–Crippen MR) is 59.1 cm³/mol. The zero-order chi connectivity index (χ0) is 11.5. The Bertz CT molecular complexity index is 436. The van der Waals surface area contributed by atoms with Crippen LogP contribution in [0.25, 0.3) is 0 Å². The Hall–Kier alpha value is -2.05. The zero-order valence-electron chi connectivity index (χ0n) is 8.72. The summed E-state index contributed by atoms with van der Waals surface area (Å²) in [7, 11) is 0. The van der Waals surface area contributed by atoms with Crippen LogP contribution in [0.4, 0.5) is 11.8 Å². The Balaban J connectivity index is 2.13. The molecular formula is C9H13N5O2.